The summed E-state index contributed by atoms with van der Waals surface area (Å²) in [5, 5.41) is 4.82. The molecule has 2 rings (SSSR count). The molecule has 0 atom stereocenters. The quantitative estimate of drug-likeness (QED) is 0.932. The van der Waals surface area contributed by atoms with Crippen molar-refractivity contribution < 1.29 is 17.4 Å². The minimum Gasteiger partial charge on any atom is -0.333 e. The average molecular weight is 305 g/mol. The summed E-state index contributed by atoms with van der Waals surface area (Å²) in [7, 11) is -4.37. The maximum Gasteiger partial charge on any atom is 0.382 e. The van der Waals surface area contributed by atoms with E-state index in [4.69, 9.17) is 5.14 Å². The van der Waals surface area contributed by atoms with Crippen LogP contribution in [0.4, 0.5) is 0 Å². The Labute approximate surface area is 123 Å². The van der Waals surface area contributed by atoms with Crippen molar-refractivity contribution >= 4 is 16.3 Å². The molecule has 2 N–H and O–H groups in total. The molecule has 0 spiro atoms. The normalized spacial score (nSPS) is 11.9. The third-order valence-corrected chi connectivity index (χ3v) is 3.69. The van der Waals surface area contributed by atoms with Gasteiger partial charge in [0.05, 0.1) is 0 Å². The van der Waals surface area contributed by atoms with E-state index in [1.54, 1.807) is 67.6 Å². The minimum atomic E-state index is -4.37. The first-order valence-corrected chi connectivity index (χ1v) is 7.69. The van der Waals surface area contributed by atoms with Crippen molar-refractivity contribution in [3.63, 3.8) is 0 Å². The van der Waals surface area contributed by atoms with Crippen molar-refractivity contribution in [2.24, 2.45) is 5.14 Å². The second-order valence-electron chi connectivity index (χ2n) is 4.72. The van der Waals surface area contributed by atoms with Gasteiger partial charge in [0.1, 0.15) is 5.41 Å². The number of hydrogen-bond donors (Lipinski definition) is 1. The zero-order valence-corrected chi connectivity index (χ0v) is 12.2. The van der Waals surface area contributed by atoms with E-state index in [1.165, 1.54) is 0 Å². The van der Waals surface area contributed by atoms with Gasteiger partial charge in [0, 0.05) is 0 Å². The second kappa shape index (κ2) is 5.67. The van der Waals surface area contributed by atoms with E-state index in [2.05, 4.69) is 4.18 Å². The summed E-state index contributed by atoms with van der Waals surface area (Å²) in [6.45, 7) is 1.60. The van der Waals surface area contributed by atoms with E-state index in [-0.39, 0.29) is 0 Å². The van der Waals surface area contributed by atoms with Crippen LogP contribution in [0.15, 0.2) is 60.7 Å². The van der Waals surface area contributed by atoms with E-state index in [9.17, 15) is 13.2 Å². The molecule has 2 aromatic rings. The van der Waals surface area contributed by atoms with E-state index >= 15 is 0 Å². The van der Waals surface area contributed by atoms with Crippen LogP contribution >= 0.6 is 0 Å². The Morgan fingerprint density at radius 2 is 1.33 bits per heavy atom. The Bertz CT molecular complexity index is 687. The Kier molecular flexibility index (Phi) is 4.11. The molecular formula is C15H15NO4S. The predicted molar refractivity (Wildman–Crippen MR) is 78.5 cm³/mol. The number of rotatable bonds is 4. The summed E-state index contributed by atoms with van der Waals surface area (Å²) < 4.78 is 26.6. The molecule has 0 aliphatic rings. The molecule has 21 heavy (non-hydrogen) atoms. The molecular weight excluding hydrogens is 290 g/mol. The Morgan fingerprint density at radius 1 is 0.952 bits per heavy atom. The lowest BCUT2D eigenvalue weighted by atomic mass is 9.76. The van der Waals surface area contributed by atoms with E-state index < -0.39 is 21.7 Å². The highest BCUT2D eigenvalue weighted by Crippen LogP contribution is 2.33. The smallest absolute Gasteiger partial charge is 0.333 e. The maximum atomic E-state index is 12.4. The van der Waals surface area contributed by atoms with Crippen LogP contribution in [0, 0.1) is 0 Å². The standard InChI is InChI=1S/C15H15NO4S/c1-15(12-8-4-2-5-9-12,13-10-6-3-7-11-13)14(17)20-21(16,18)19/h2-11H,1H3,(H2,16,18,19). The van der Waals surface area contributed by atoms with Gasteiger partial charge in [-0.05, 0) is 18.1 Å². The third kappa shape index (κ3) is 3.29. The molecule has 2 aromatic carbocycles. The fourth-order valence-corrected chi connectivity index (χ4v) is 2.51. The molecule has 0 saturated heterocycles. The summed E-state index contributed by atoms with van der Waals surface area (Å²) >= 11 is 0. The van der Waals surface area contributed by atoms with Crippen LogP contribution in [0.5, 0.6) is 0 Å². The highest BCUT2D eigenvalue weighted by molar-refractivity contribution is 7.84. The highest BCUT2D eigenvalue weighted by atomic mass is 32.2. The van der Waals surface area contributed by atoms with Gasteiger partial charge in [-0.25, -0.2) is 4.79 Å². The first-order chi connectivity index (χ1) is 9.84. The minimum absolute atomic E-state index is 0.616. The largest absolute Gasteiger partial charge is 0.382 e. The van der Waals surface area contributed by atoms with Gasteiger partial charge >= 0.3 is 16.3 Å². The van der Waals surface area contributed by atoms with Crippen molar-refractivity contribution in [1.82, 2.24) is 0 Å². The van der Waals surface area contributed by atoms with Gasteiger partial charge in [-0.3, -0.25) is 0 Å². The van der Waals surface area contributed by atoms with Gasteiger partial charge in [0.15, 0.2) is 0 Å². The molecule has 0 aliphatic heterocycles. The fraction of sp³-hybridized carbons (Fsp3) is 0.133. The van der Waals surface area contributed by atoms with E-state index in [1.807, 2.05) is 0 Å². The zero-order valence-electron chi connectivity index (χ0n) is 11.4. The molecule has 6 heteroatoms. The Hall–Kier alpha value is -2.18. The lowest BCUT2D eigenvalue weighted by Crippen LogP contribution is -2.38. The molecule has 0 heterocycles. The summed E-state index contributed by atoms with van der Waals surface area (Å²) in [4.78, 5) is 12.4. The van der Waals surface area contributed by atoms with Crippen LogP contribution in [0.3, 0.4) is 0 Å². The van der Waals surface area contributed by atoms with Crippen LogP contribution in [0.2, 0.25) is 0 Å². The number of benzene rings is 2. The summed E-state index contributed by atoms with van der Waals surface area (Å²) in [5.74, 6) is -0.942. The monoisotopic (exact) mass is 305 g/mol. The lowest BCUT2D eigenvalue weighted by Gasteiger charge is -2.27. The van der Waals surface area contributed by atoms with Crippen LogP contribution in [0.1, 0.15) is 18.1 Å². The van der Waals surface area contributed by atoms with Gasteiger partial charge < -0.3 is 4.18 Å². The predicted octanol–water partition coefficient (Wildman–Crippen LogP) is 1.74. The topological polar surface area (TPSA) is 86.5 Å². The second-order valence-corrected chi connectivity index (χ2v) is 5.87. The molecule has 110 valence electrons. The molecule has 0 saturated carbocycles. The van der Waals surface area contributed by atoms with Gasteiger partial charge in [-0.1, -0.05) is 60.7 Å². The summed E-state index contributed by atoms with van der Waals surface area (Å²) in [5.41, 5.74) is -0.0377. The molecule has 5 nitrogen and oxygen atoms in total. The van der Waals surface area contributed by atoms with Crippen LogP contribution in [0.25, 0.3) is 0 Å². The molecule has 0 aliphatic carbocycles. The SMILES string of the molecule is CC(C(=O)OS(N)(=O)=O)(c1ccccc1)c1ccccc1. The van der Waals surface area contributed by atoms with Crippen LogP contribution in [-0.2, 0) is 24.7 Å². The average Bonchev–Trinajstić information content (AvgIpc) is 2.46. The van der Waals surface area contributed by atoms with Crippen molar-refractivity contribution in [3.05, 3.63) is 71.8 Å². The maximum absolute atomic E-state index is 12.4. The van der Waals surface area contributed by atoms with Gasteiger partial charge in [0.25, 0.3) is 0 Å². The number of hydrogen-bond acceptors (Lipinski definition) is 4. The van der Waals surface area contributed by atoms with Crippen LogP contribution < -0.4 is 5.14 Å². The molecule has 0 unspecified atom stereocenters. The third-order valence-electron chi connectivity index (χ3n) is 3.30. The fourth-order valence-electron chi connectivity index (χ4n) is 2.13. The molecule has 0 amide bonds. The molecule has 0 radical (unpaired) electrons. The number of carbonyl (C=O) groups excluding carboxylic acids is 1. The number of carbonyl (C=O) groups is 1. The number of nitrogens with two attached hydrogens (primary N) is 1. The van der Waals surface area contributed by atoms with Crippen molar-refractivity contribution in [2.45, 2.75) is 12.3 Å². The molecule has 0 bridgehead atoms. The van der Waals surface area contributed by atoms with E-state index in [0.29, 0.717) is 11.1 Å². The molecule has 0 aromatic heterocycles. The van der Waals surface area contributed by atoms with Gasteiger partial charge in [0.2, 0.25) is 0 Å². The Morgan fingerprint density at radius 3 is 1.67 bits per heavy atom. The molecule has 0 fully saturated rings. The first-order valence-electron chi connectivity index (χ1n) is 6.22. The highest BCUT2D eigenvalue weighted by Gasteiger charge is 2.40. The summed E-state index contributed by atoms with van der Waals surface area (Å²) in [6, 6.07) is 17.6. The van der Waals surface area contributed by atoms with E-state index in [0.717, 1.165) is 0 Å². The zero-order chi connectivity index (χ0) is 15.5. The van der Waals surface area contributed by atoms with Gasteiger partial charge in [-0.2, -0.15) is 13.6 Å². The lowest BCUT2D eigenvalue weighted by molar-refractivity contribution is -0.138. The van der Waals surface area contributed by atoms with Crippen molar-refractivity contribution in [3.8, 4) is 0 Å². The van der Waals surface area contributed by atoms with Crippen LogP contribution in [-0.4, -0.2) is 14.4 Å². The Balaban J connectivity index is 2.58. The van der Waals surface area contributed by atoms with Crippen molar-refractivity contribution in [2.75, 3.05) is 0 Å². The van der Waals surface area contributed by atoms with Gasteiger partial charge in [-0.15, -0.1) is 0 Å². The van der Waals surface area contributed by atoms with Crippen molar-refractivity contribution in [1.29, 1.82) is 0 Å². The summed E-state index contributed by atoms with van der Waals surface area (Å²) in [6.07, 6.45) is 0. The first kappa shape index (κ1) is 15.2.